The van der Waals surface area contributed by atoms with E-state index in [-0.39, 0.29) is 5.69 Å². The maximum Gasteiger partial charge on any atom is 0.356 e. The fourth-order valence-electron chi connectivity index (χ4n) is 2.50. The van der Waals surface area contributed by atoms with Gasteiger partial charge in [-0.25, -0.2) is 9.48 Å². The molecule has 0 unspecified atom stereocenters. The molecule has 0 saturated heterocycles. The summed E-state index contributed by atoms with van der Waals surface area (Å²) in [5, 5.41) is 13.5. The molecule has 0 aliphatic rings. The molecule has 0 atom stereocenters. The molecule has 1 N–H and O–H groups in total. The summed E-state index contributed by atoms with van der Waals surface area (Å²) in [5.74, 6) is -0.260. The third-order valence-corrected chi connectivity index (χ3v) is 3.62. The van der Waals surface area contributed by atoms with Crippen LogP contribution in [0.5, 0.6) is 5.75 Å². The van der Waals surface area contributed by atoms with E-state index in [1.54, 1.807) is 17.9 Å². The SMILES string of the molecule is COc1ccc(-c2cc(C(=O)O)nn2-c2ccccc2)cc1C. The lowest BCUT2D eigenvalue weighted by molar-refractivity contribution is 0.0690. The van der Waals surface area contributed by atoms with E-state index in [1.165, 1.54) is 0 Å². The van der Waals surface area contributed by atoms with Crippen LogP contribution in [0.4, 0.5) is 0 Å². The van der Waals surface area contributed by atoms with Crippen LogP contribution in [0.15, 0.2) is 54.6 Å². The molecule has 1 heterocycles. The number of aromatic nitrogens is 2. The number of aromatic carboxylic acids is 1. The average molecular weight is 308 g/mol. The van der Waals surface area contributed by atoms with Gasteiger partial charge in [-0.15, -0.1) is 0 Å². The summed E-state index contributed by atoms with van der Waals surface area (Å²) in [6.07, 6.45) is 0. The van der Waals surface area contributed by atoms with Crippen molar-refractivity contribution < 1.29 is 14.6 Å². The largest absolute Gasteiger partial charge is 0.496 e. The van der Waals surface area contributed by atoms with E-state index in [2.05, 4.69) is 5.10 Å². The van der Waals surface area contributed by atoms with Crippen molar-refractivity contribution >= 4 is 5.97 Å². The van der Waals surface area contributed by atoms with Crippen LogP contribution in [-0.2, 0) is 0 Å². The molecule has 23 heavy (non-hydrogen) atoms. The van der Waals surface area contributed by atoms with Crippen molar-refractivity contribution in [3.05, 3.63) is 65.9 Å². The number of hydrogen-bond acceptors (Lipinski definition) is 3. The van der Waals surface area contributed by atoms with Gasteiger partial charge in [-0.05, 0) is 48.9 Å². The first-order chi connectivity index (χ1) is 11.1. The third-order valence-electron chi connectivity index (χ3n) is 3.62. The number of hydrogen-bond donors (Lipinski definition) is 1. The molecule has 0 amide bonds. The Morgan fingerprint density at radius 3 is 2.48 bits per heavy atom. The van der Waals surface area contributed by atoms with E-state index in [4.69, 9.17) is 4.74 Å². The summed E-state index contributed by atoms with van der Waals surface area (Å²) < 4.78 is 6.92. The minimum atomic E-state index is -1.05. The van der Waals surface area contributed by atoms with Crippen molar-refractivity contribution in [3.63, 3.8) is 0 Å². The Labute approximate surface area is 133 Å². The molecule has 3 rings (SSSR count). The Morgan fingerprint density at radius 2 is 1.87 bits per heavy atom. The predicted octanol–water partition coefficient (Wildman–Crippen LogP) is 3.55. The molecule has 0 aliphatic carbocycles. The van der Waals surface area contributed by atoms with Crippen LogP contribution in [-0.4, -0.2) is 28.0 Å². The van der Waals surface area contributed by atoms with Crippen molar-refractivity contribution in [2.75, 3.05) is 7.11 Å². The number of carboxylic acid groups (broad SMARTS) is 1. The predicted molar refractivity (Wildman–Crippen MR) is 87.2 cm³/mol. The topological polar surface area (TPSA) is 64.3 Å². The Balaban J connectivity index is 2.18. The van der Waals surface area contributed by atoms with E-state index in [0.29, 0.717) is 0 Å². The number of rotatable bonds is 4. The lowest BCUT2D eigenvalue weighted by Crippen LogP contribution is -2.02. The average Bonchev–Trinajstić information content (AvgIpc) is 3.01. The summed E-state index contributed by atoms with van der Waals surface area (Å²) in [6, 6.07) is 16.8. The number of carboxylic acids is 1. The minimum absolute atomic E-state index is 0.0114. The van der Waals surface area contributed by atoms with Crippen LogP contribution >= 0.6 is 0 Å². The molecule has 0 bridgehead atoms. The van der Waals surface area contributed by atoms with Gasteiger partial charge in [0, 0.05) is 5.56 Å². The summed E-state index contributed by atoms with van der Waals surface area (Å²) >= 11 is 0. The summed E-state index contributed by atoms with van der Waals surface area (Å²) in [5.41, 5.74) is 3.40. The molecule has 0 radical (unpaired) electrons. The van der Waals surface area contributed by atoms with Gasteiger partial charge in [-0.3, -0.25) is 0 Å². The Hall–Kier alpha value is -3.08. The highest BCUT2D eigenvalue weighted by Gasteiger charge is 2.16. The smallest absolute Gasteiger partial charge is 0.356 e. The highest BCUT2D eigenvalue weighted by atomic mass is 16.5. The molecule has 2 aromatic carbocycles. The van der Waals surface area contributed by atoms with E-state index in [1.807, 2.05) is 55.5 Å². The van der Waals surface area contributed by atoms with Gasteiger partial charge in [0.05, 0.1) is 18.5 Å². The summed E-state index contributed by atoms with van der Waals surface area (Å²) in [7, 11) is 1.62. The van der Waals surface area contributed by atoms with Crippen LogP contribution in [0.3, 0.4) is 0 Å². The summed E-state index contributed by atoms with van der Waals surface area (Å²) in [4.78, 5) is 11.3. The molecule has 1 aromatic heterocycles. The van der Waals surface area contributed by atoms with Gasteiger partial charge >= 0.3 is 5.97 Å². The Kier molecular flexibility index (Phi) is 3.85. The number of methoxy groups -OCH3 is 1. The maximum absolute atomic E-state index is 11.3. The molecular weight excluding hydrogens is 292 g/mol. The highest BCUT2D eigenvalue weighted by Crippen LogP contribution is 2.28. The van der Waals surface area contributed by atoms with Crippen LogP contribution in [0.25, 0.3) is 16.9 Å². The molecule has 0 saturated carbocycles. The zero-order valence-electron chi connectivity index (χ0n) is 12.9. The standard InChI is InChI=1S/C18H16N2O3/c1-12-10-13(8-9-17(12)23-2)16-11-15(18(21)22)19-20(16)14-6-4-3-5-7-14/h3-11H,1-2H3,(H,21,22). The van der Waals surface area contributed by atoms with Crippen molar-refractivity contribution in [2.45, 2.75) is 6.92 Å². The van der Waals surface area contributed by atoms with E-state index in [0.717, 1.165) is 28.3 Å². The zero-order chi connectivity index (χ0) is 16.4. The molecule has 0 aliphatic heterocycles. The van der Waals surface area contributed by atoms with Crippen molar-refractivity contribution in [1.82, 2.24) is 9.78 Å². The van der Waals surface area contributed by atoms with Gasteiger partial charge in [0.2, 0.25) is 0 Å². The first-order valence-electron chi connectivity index (χ1n) is 7.14. The van der Waals surface area contributed by atoms with Gasteiger partial charge in [0.25, 0.3) is 0 Å². The third kappa shape index (κ3) is 2.81. The van der Waals surface area contributed by atoms with Gasteiger partial charge in [0.15, 0.2) is 5.69 Å². The number of carbonyl (C=O) groups is 1. The van der Waals surface area contributed by atoms with Crippen LogP contribution in [0.2, 0.25) is 0 Å². The minimum Gasteiger partial charge on any atom is -0.496 e. The van der Waals surface area contributed by atoms with Crippen molar-refractivity contribution in [1.29, 1.82) is 0 Å². The number of benzene rings is 2. The Bertz CT molecular complexity index is 854. The second-order valence-corrected chi connectivity index (χ2v) is 5.15. The molecular formula is C18H16N2O3. The fraction of sp³-hybridized carbons (Fsp3) is 0.111. The Morgan fingerprint density at radius 1 is 1.13 bits per heavy atom. The quantitative estimate of drug-likeness (QED) is 0.800. The van der Waals surface area contributed by atoms with Crippen molar-refractivity contribution in [2.24, 2.45) is 0 Å². The second kappa shape index (κ2) is 5.96. The van der Waals surface area contributed by atoms with E-state index < -0.39 is 5.97 Å². The van der Waals surface area contributed by atoms with Gasteiger partial charge < -0.3 is 9.84 Å². The van der Waals surface area contributed by atoms with Crippen LogP contribution in [0.1, 0.15) is 16.1 Å². The number of para-hydroxylation sites is 1. The molecule has 5 heteroatoms. The monoisotopic (exact) mass is 308 g/mol. The summed E-state index contributed by atoms with van der Waals surface area (Å²) in [6.45, 7) is 1.95. The maximum atomic E-state index is 11.3. The second-order valence-electron chi connectivity index (χ2n) is 5.15. The van der Waals surface area contributed by atoms with Gasteiger partial charge in [-0.1, -0.05) is 18.2 Å². The van der Waals surface area contributed by atoms with Gasteiger partial charge in [-0.2, -0.15) is 5.10 Å². The highest BCUT2D eigenvalue weighted by molar-refractivity contribution is 5.87. The lowest BCUT2D eigenvalue weighted by Gasteiger charge is -2.10. The number of nitrogens with zero attached hydrogens (tertiary/aromatic N) is 2. The number of ether oxygens (including phenoxy) is 1. The number of aryl methyl sites for hydroxylation is 1. The molecule has 3 aromatic rings. The van der Waals surface area contributed by atoms with Crippen LogP contribution < -0.4 is 4.74 Å². The lowest BCUT2D eigenvalue weighted by atomic mass is 10.1. The van der Waals surface area contributed by atoms with E-state index >= 15 is 0 Å². The first kappa shape index (κ1) is 14.8. The van der Waals surface area contributed by atoms with Crippen LogP contribution in [0, 0.1) is 6.92 Å². The van der Waals surface area contributed by atoms with E-state index in [9.17, 15) is 9.90 Å². The molecule has 116 valence electrons. The molecule has 5 nitrogen and oxygen atoms in total. The molecule has 0 fully saturated rings. The van der Waals surface area contributed by atoms with Gasteiger partial charge in [0.1, 0.15) is 5.75 Å². The fourth-order valence-corrected chi connectivity index (χ4v) is 2.50. The zero-order valence-corrected chi connectivity index (χ0v) is 12.9. The molecule has 0 spiro atoms. The normalized spacial score (nSPS) is 10.5. The first-order valence-corrected chi connectivity index (χ1v) is 7.14. The van der Waals surface area contributed by atoms with Crippen molar-refractivity contribution in [3.8, 4) is 22.7 Å².